The first-order valence-corrected chi connectivity index (χ1v) is 7.87. The molecule has 1 nitrogen and oxygen atoms in total. The summed E-state index contributed by atoms with van der Waals surface area (Å²) < 4.78 is 14.0. The van der Waals surface area contributed by atoms with Gasteiger partial charge in [-0.25, -0.2) is 4.39 Å². The van der Waals surface area contributed by atoms with Crippen LogP contribution >= 0.6 is 23.4 Å². The molecule has 2 rings (SSSR count). The van der Waals surface area contributed by atoms with Gasteiger partial charge < -0.3 is 5.32 Å². The lowest BCUT2D eigenvalue weighted by molar-refractivity contribution is 0.576. The zero-order valence-corrected chi connectivity index (χ0v) is 13.1. The fourth-order valence-corrected chi connectivity index (χ4v) is 2.98. The van der Waals surface area contributed by atoms with E-state index in [0.717, 1.165) is 11.3 Å². The Morgan fingerprint density at radius 1 is 1.20 bits per heavy atom. The molecule has 0 aromatic heterocycles. The summed E-state index contributed by atoms with van der Waals surface area (Å²) >= 11 is 7.60. The Balaban J connectivity index is 2.31. The Hall–Kier alpha value is -1.03. The molecule has 0 saturated heterocycles. The van der Waals surface area contributed by atoms with Crippen molar-refractivity contribution >= 4 is 23.4 Å². The molecule has 2 aromatic carbocycles. The number of thioether (sulfide) groups is 1. The molecular weight excluding hydrogens is 293 g/mol. The minimum absolute atomic E-state index is 0.173. The van der Waals surface area contributed by atoms with Gasteiger partial charge in [0.1, 0.15) is 5.82 Å². The van der Waals surface area contributed by atoms with Crippen LogP contribution in [0.25, 0.3) is 0 Å². The van der Waals surface area contributed by atoms with Crippen molar-refractivity contribution in [1.82, 2.24) is 5.32 Å². The predicted molar refractivity (Wildman–Crippen MR) is 85.2 cm³/mol. The second-order valence-electron chi connectivity index (χ2n) is 4.39. The fourth-order valence-electron chi connectivity index (χ4n) is 2.16. The third-order valence-electron chi connectivity index (χ3n) is 3.09. The number of rotatable bonds is 5. The maximum absolute atomic E-state index is 14.0. The zero-order chi connectivity index (χ0) is 14.5. The summed E-state index contributed by atoms with van der Waals surface area (Å²) in [7, 11) is 1.83. The Morgan fingerprint density at radius 3 is 2.45 bits per heavy atom. The van der Waals surface area contributed by atoms with E-state index in [0.29, 0.717) is 10.6 Å². The van der Waals surface area contributed by atoms with Crippen molar-refractivity contribution in [2.75, 3.05) is 12.8 Å². The molecule has 1 N–H and O–H groups in total. The van der Waals surface area contributed by atoms with E-state index in [2.05, 4.69) is 24.4 Å². The summed E-state index contributed by atoms with van der Waals surface area (Å²) in [5, 5.41) is 3.57. The van der Waals surface area contributed by atoms with Crippen molar-refractivity contribution in [3.05, 3.63) is 64.4 Å². The monoisotopic (exact) mass is 309 g/mol. The molecule has 1 atom stereocenters. The molecule has 0 bridgehead atoms. The van der Waals surface area contributed by atoms with Crippen molar-refractivity contribution in [2.24, 2.45) is 0 Å². The van der Waals surface area contributed by atoms with Crippen LogP contribution in [0.4, 0.5) is 4.39 Å². The number of nitrogens with one attached hydrogen (secondary N) is 1. The van der Waals surface area contributed by atoms with Gasteiger partial charge in [0, 0.05) is 15.5 Å². The highest BCUT2D eigenvalue weighted by Crippen LogP contribution is 2.28. The quantitative estimate of drug-likeness (QED) is 0.788. The topological polar surface area (TPSA) is 12.0 Å². The summed E-state index contributed by atoms with van der Waals surface area (Å²) in [5.74, 6) is 0.754. The van der Waals surface area contributed by atoms with E-state index in [1.54, 1.807) is 23.9 Å². The highest BCUT2D eigenvalue weighted by atomic mass is 35.5. The second kappa shape index (κ2) is 7.11. The van der Waals surface area contributed by atoms with E-state index >= 15 is 0 Å². The van der Waals surface area contributed by atoms with Crippen molar-refractivity contribution in [1.29, 1.82) is 0 Å². The van der Waals surface area contributed by atoms with Crippen LogP contribution in [0.3, 0.4) is 0 Å². The number of hydrogen-bond donors (Lipinski definition) is 1. The van der Waals surface area contributed by atoms with E-state index in [-0.39, 0.29) is 11.9 Å². The van der Waals surface area contributed by atoms with Gasteiger partial charge in [-0.05, 0) is 42.6 Å². The number of benzene rings is 2. The third kappa shape index (κ3) is 3.54. The summed E-state index contributed by atoms with van der Waals surface area (Å²) in [5.41, 5.74) is 1.64. The molecule has 0 fully saturated rings. The molecule has 0 heterocycles. The van der Waals surface area contributed by atoms with Crippen LogP contribution in [0.2, 0.25) is 5.02 Å². The van der Waals surface area contributed by atoms with Crippen LogP contribution in [0.1, 0.15) is 24.1 Å². The molecule has 20 heavy (non-hydrogen) atoms. The average molecular weight is 310 g/mol. The van der Waals surface area contributed by atoms with Crippen molar-refractivity contribution in [3.8, 4) is 0 Å². The Labute approximate surface area is 128 Å². The summed E-state index contributed by atoms with van der Waals surface area (Å²) in [6, 6.07) is 12.8. The van der Waals surface area contributed by atoms with Crippen molar-refractivity contribution in [2.45, 2.75) is 17.9 Å². The normalized spacial score (nSPS) is 12.4. The van der Waals surface area contributed by atoms with Gasteiger partial charge >= 0.3 is 0 Å². The van der Waals surface area contributed by atoms with Crippen LogP contribution in [0, 0.1) is 5.82 Å². The van der Waals surface area contributed by atoms with E-state index in [1.165, 1.54) is 11.0 Å². The third-order valence-corrected chi connectivity index (χ3v) is 4.22. The summed E-state index contributed by atoms with van der Waals surface area (Å²) in [6.45, 7) is 2.12. The van der Waals surface area contributed by atoms with Crippen molar-refractivity contribution in [3.63, 3.8) is 0 Å². The SMILES string of the molecule is CCSc1ccc(C(NC)c2ccc(Cl)cc2F)cc1. The fraction of sp³-hybridized carbons (Fsp3) is 0.250. The standard InChI is InChI=1S/C16H17ClFNS/c1-3-20-13-7-4-11(5-8-13)16(19-2)14-9-6-12(17)10-15(14)18/h4-10,16,19H,3H2,1-2H3. The van der Waals surface area contributed by atoms with Gasteiger partial charge in [-0.2, -0.15) is 0 Å². The molecule has 2 aromatic rings. The Kier molecular flexibility index (Phi) is 5.46. The summed E-state index contributed by atoms with van der Waals surface area (Å²) in [6.07, 6.45) is 0. The van der Waals surface area contributed by atoms with Crippen LogP contribution in [-0.2, 0) is 0 Å². The Bertz CT molecular complexity index is 571. The maximum atomic E-state index is 14.0. The van der Waals surface area contributed by atoms with Gasteiger partial charge in [-0.1, -0.05) is 36.7 Å². The molecule has 0 aliphatic rings. The molecule has 4 heteroatoms. The van der Waals surface area contributed by atoms with Gasteiger partial charge in [-0.15, -0.1) is 11.8 Å². The van der Waals surface area contributed by atoms with Gasteiger partial charge in [0.2, 0.25) is 0 Å². The molecule has 0 amide bonds. The average Bonchev–Trinajstić information content (AvgIpc) is 2.44. The van der Waals surface area contributed by atoms with Gasteiger partial charge in [0.05, 0.1) is 6.04 Å². The highest BCUT2D eigenvalue weighted by molar-refractivity contribution is 7.99. The van der Waals surface area contributed by atoms with Crippen LogP contribution in [0.5, 0.6) is 0 Å². The maximum Gasteiger partial charge on any atom is 0.129 e. The first-order chi connectivity index (χ1) is 9.65. The first kappa shape index (κ1) is 15.4. The van der Waals surface area contributed by atoms with E-state index < -0.39 is 0 Å². The number of halogens is 2. The van der Waals surface area contributed by atoms with E-state index in [4.69, 9.17) is 11.6 Å². The molecule has 0 saturated carbocycles. The predicted octanol–water partition coefficient (Wildman–Crippen LogP) is 4.90. The number of hydrogen-bond acceptors (Lipinski definition) is 2. The van der Waals surface area contributed by atoms with Crippen LogP contribution < -0.4 is 5.32 Å². The lowest BCUT2D eigenvalue weighted by Crippen LogP contribution is -2.18. The van der Waals surface area contributed by atoms with E-state index in [9.17, 15) is 4.39 Å². The van der Waals surface area contributed by atoms with Crippen LogP contribution in [-0.4, -0.2) is 12.8 Å². The first-order valence-electron chi connectivity index (χ1n) is 6.50. The highest BCUT2D eigenvalue weighted by Gasteiger charge is 2.16. The lowest BCUT2D eigenvalue weighted by Gasteiger charge is -2.18. The lowest BCUT2D eigenvalue weighted by atomic mass is 9.98. The molecule has 1 unspecified atom stereocenters. The molecule has 106 valence electrons. The molecule has 0 aliphatic heterocycles. The second-order valence-corrected chi connectivity index (χ2v) is 6.16. The summed E-state index contributed by atoms with van der Waals surface area (Å²) in [4.78, 5) is 1.22. The van der Waals surface area contributed by atoms with Gasteiger partial charge in [0.15, 0.2) is 0 Å². The van der Waals surface area contributed by atoms with E-state index in [1.807, 2.05) is 19.2 Å². The molecule has 0 radical (unpaired) electrons. The smallest absolute Gasteiger partial charge is 0.129 e. The molecule has 0 spiro atoms. The zero-order valence-electron chi connectivity index (χ0n) is 11.5. The Morgan fingerprint density at radius 2 is 1.90 bits per heavy atom. The van der Waals surface area contributed by atoms with Crippen molar-refractivity contribution < 1.29 is 4.39 Å². The minimum Gasteiger partial charge on any atom is -0.309 e. The molecular formula is C16H17ClFNS. The van der Waals surface area contributed by atoms with Gasteiger partial charge in [0.25, 0.3) is 0 Å². The largest absolute Gasteiger partial charge is 0.309 e. The molecule has 0 aliphatic carbocycles. The van der Waals surface area contributed by atoms with Crippen LogP contribution in [0.15, 0.2) is 47.4 Å². The van der Waals surface area contributed by atoms with Gasteiger partial charge in [-0.3, -0.25) is 0 Å². The minimum atomic E-state index is -0.288.